The largest absolute Gasteiger partial charge is 0.504 e. The minimum Gasteiger partial charge on any atom is -0.504 e. The molecule has 3 aromatic rings. The van der Waals surface area contributed by atoms with Gasteiger partial charge < -0.3 is 63.8 Å². The molecule has 0 bridgehead atoms. The first-order valence-electron chi connectivity index (χ1n) is 14.0. The molecule has 0 amide bonds. The van der Waals surface area contributed by atoms with Crippen molar-refractivity contribution in [3.05, 3.63) is 46.6 Å². The molecule has 44 heavy (non-hydrogen) atoms. The molecule has 10 atom stereocenters. The number of ether oxygens (including phenoxy) is 5. The fourth-order valence-electron chi connectivity index (χ4n) is 5.54. The van der Waals surface area contributed by atoms with E-state index in [2.05, 4.69) is 0 Å². The van der Waals surface area contributed by atoms with Crippen molar-refractivity contribution >= 4 is 11.0 Å². The molecule has 2 fully saturated rings. The molecule has 1 aromatic heterocycles. The zero-order chi connectivity index (χ0) is 31.9. The van der Waals surface area contributed by atoms with Gasteiger partial charge in [0.05, 0.1) is 33.0 Å². The molecular weight excluding hydrogens is 584 g/mol. The molecule has 7 N–H and O–H groups in total. The molecule has 0 spiro atoms. The van der Waals surface area contributed by atoms with E-state index < -0.39 is 72.2 Å². The first kappa shape index (κ1) is 31.9. The van der Waals surface area contributed by atoms with Crippen molar-refractivity contribution in [3.8, 4) is 34.3 Å². The van der Waals surface area contributed by atoms with Gasteiger partial charge in [0.25, 0.3) is 0 Å². The molecule has 0 unspecified atom stereocenters. The quantitative estimate of drug-likeness (QED) is 0.175. The van der Waals surface area contributed by atoms with Crippen LogP contribution in [0.2, 0.25) is 0 Å². The molecule has 2 aliphatic rings. The zero-order valence-electron chi connectivity index (χ0n) is 24.1. The number of aliphatic hydroxyl groups excluding tert-OH is 6. The minimum absolute atomic E-state index is 0.0410. The van der Waals surface area contributed by atoms with Crippen LogP contribution < -0.4 is 19.6 Å². The molecule has 240 valence electrons. The Bertz CT molecular complexity index is 1510. The standard InChI is InChI=1S/C30H36O14/c1-12-22(32)26(36)28(38)30(42-12)41-11-14-8-19(24(34)27(37)23(14)33)44-20-10-18-21(25(35)29(20)40-3)16(31)9-17(43-18)13-4-6-15(39-2)7-5-13/h4-7,9-10,12,14,19,22-24,26-28,30,32-38H,8,11H2,1-3H3/t12-,14+,19+,22-,23+,24-,26+,27-,28+,30+/m0/s1. The number of rotatable bonds is 8. The van der Waals surface area contributed by atoms with Crippen LogP contribution in [0.15, 0.2) is 45.6 Å². The van der Waals surface area contributed by atoms with E-state index in [1.165, 1.54) is 33.3 Å². The van der Waals surface area contributed by atoms with E-state index in [-0.39, 0.29) is 41.3 Å². The van der Waals surface area contributed by atoms with Gasteiger partial charge in [-0.1, -0.05) is 0 Å². The van der Waals surface area contributed by atoms with Gasteiger partial charge in [0.1, 0.15) is 59.1 Å². The van der Waals surface area contributed by atoms with E-state index in [1.54, 1.807) is 24.3 Å². The van der Waals surface area contributed by atoms with E-state index in [1.807, 2.05) is 0 Å². The lowest BCUT2D eigenvalue weighted by Crippen LogP contribution is -2.59. The molecule has 1 aliphatic carbocycles. The van der Waals surface area contributed by atoms with Gasteiger partial charge in [-0.05, 0) is 37.6 Å². The Morgan fingerprint density at radius 1 is 0.864 bits per heavy atom. The Morgan fingerprint density at radius 3 is 2.20 bits per heavy atom. The fourth-order valence-corrected chi connectivity index (χ4v) is 5.54. The summed E-state index contributed by atoms with van der Waals surface area (Å²) >= 11 is 0. The molecule has 14 nitrogen and oxygen atoms in total. The smallest absolute Gasteiger partial charge is 0.204 e. The predicted molar refractivity (Wildman–Crippen MR) is 152 cm³/mol. The Hall–Kier alpha value is -3.47. The number of phenols is 1. The lowest BCUT2D eigenvalue weighted by atomic mass is 9.81. The molecule has 2 aromatic carbocycles. The van der Waals surface area contributed by atoms with Crippen molar-refractivity contribution < 1.29 is 63.8 Å². The molecule has 0 radical (unpaired) electrons. The van der Waals surface area contributed by atoms with Gasteiger partial charge in [-0.25, -0.2) is 0 Å². The maximum Gasteiger partial charge on any atom is 0.204 e. The van der Waals surface area contributed by atoms with Gasteiger partial charge in [-0.3, -0.25) is 4.79 Å². The second kappa shape index (κ2) is 12.9. The van der Waals surface area contributed by atoms with Crippen molar-refractivity contribution in [1.29, 1.82) is 0 Å². The third-order valence-electron chi connectivity index (χ3n) is 8.15. The first-order valence-corrected chi connectivity index (χ1v) is 14.0. The second-order valence-electron chi connectivity index (χ2n) is 11.0. The van der Waals surface area contributed by atoms with Gasteiger partial charge in [-0.15, -0.1) is 0 Å². The summed E-state index contributed by atoms with van der Waals surface area (Å²) in [4.78, 5) is 13.0. The lowest BCUT2D eigenvalue weighted by molar-refractivity contribution is -0.299. The van der Waals surface area contributed by atoms with Crippen LogP contribution in [0.25, 0.3) is 22.3 Å². The number of hydrogen-bond acceptors (Lipinski definition) is 14. The summed E-state index contributed by atoms with van der Waals surface area (Å²) in [6.45, 7) is 1.20. The van der Waals surface area contributed by atoms with Crippen LogP contribution in [-0.2, 0) is 9.47 Å². The monoisotopic (exact) mass is 620 g/mol. The summed E-state index contributed by atoms with van der Waals surface area (Å²) < 4.78 is 33.5. The summed E-state index contributed by atoms with van der Waals surface area (Å²) in [5.74, 6) is -0.939. The summed E-state index contributed by atoms with van der Waals surface area (Å²) in [5, 5.41) is 73.1. The van der Waals surface area contributed by atoms with Gasteiger partial charge >= 0.3 is 0 Å². The number of aromatic hydroxyl groups is 1. The van der Waals surface area contributed by atoms with Crippen molar-refractivity contribution in [2.75, 3.05) is 20.8 Å². The average molecular weight is 621 g/mol. The SMILES string of the molecule is COc1ccc(-c2cc(=O)c3c(O)c(OC)c(O[C@@H]4C[C@H](CO[C@@H]5O[C@@H](C)[C@H](O)[C@@H](O)[C@H]5O)[C@@H](O)[C@H](O)[C@H]4O)cc3o2)cc1. The Morgan fingerprint density at radius 2 is 1.55 bits per heavy atom. The Balaban J connectivity index is 1.41. The Labute approximate surface area is 251 Å². The summed E-state index contributed by atoms with van der Waals surface area (Å²) in [5.41, 5.74) is -0.0265. The first-order chi connectivity index (χ1) is 20.9. The highest BCUT2D eigenvalue weighted by molar-refractivity contribution is 5.89. The number of aliphatic hydroxyl groups is 6. The van der Waals surface area contributed by atoms with Gasteiger partial charge in [0, 0.05) is 23.6 Å². The van der Waals surface area contributed by atoms with E-state index in [9.17, 15) is 40.5 Å². The van der Waals surface area contributed by atoms with Crippen LogP contribution >= 0.6 is 0 Å². The van der Waals surface area contributed by atoms with Crippen LogP contribution in [0.1, 0.15) is 13.3 Å². The molecule has 1 saturated heterocycles. The molecule has 2 heterocycles. The molecular formula is C30H36O14. The number of phenolic OH excluding ortho intramolecular Hbond substituents is 1. The maximum atomic E-state index is 13.0. The van der Waals surface area contributed by atoms with E-state index >= 15 is 0 Å². The highest BCUT2D eigenvalue weighted by Crippen LogP contribution is 2.44. The summed E-state index contributed by atoms with van der Waals surface area (Å²) in [6.07, 6.45) is -12.6. The zero-order valence-corrected chi connectivity index (χ0v) is 24.1. The third-order valence-corrected chi connectivity index (χ3v) is 8.15. The average Bonchev–Trinajstić information content (AvgIpc) is 3.01. The normalized spacial score (nSPS) is 32.4. The third kappa shape index (κ3) is 5.95. The van der Waals surface area contributed by atoms with Crippen LogP contribution in [0.4, 0.5) is 0 Å². The predicted octanol–water partition coefficient (Wildman–Crippen LogP) is -0.123. The minimum atomic E-state index is -1.68. The van der Waals surface area contributed by atoms with E-state index in [4.69, 9.17) is 28.1 Å². The topological polar surface area (TPSA) is 218 Å². The van der Waals surface area contributed by atoms with Crippen LogP contribution in [0.5, 0.6) is 23.0 Å². The van der Waals surface area contributed by atoms with Crippen LogP contribution in [-0.4, -0.2) is 112 Å². The van der Waals surface area contributed by atoms with Gasteiger partial charge in [-0.2, -0.15) is 0 Å². The van der Waals surface area contributed by atoms with Crippen molar-refractivity contribution in [3.63, 3.8) is 0 Å². The summed E-state index contributed by atoms with van der Waals surface area (Å²) in [6, 6.07) is 9.31. The van der Waals surface area contributed by atoms with Gasteiger partial charge in [0.2, 0.25) is 5.75 Å². The number of benzene rings is 2. The highest BCUT2D eigenvalue weighted by atomic mass is 16.7. The molecule has 14 heteroatoms. The number of hydrogen-bond donors (Lipinski definition) is 7. The number of fused-ring (bicyclic) bond motifs is 1. The highest BCUT2D eigenvalue weighted by Gasteiger charge is 2.46. The van der Waals surface area contributed by atoms with Crippen molar-refractivity contribution in [2.45, 2.75) is 68.5 Å². The lowest BCUT2D eigenvalue weighted by Gasteiger charge is -2.42. The van der Waals surface area contributed by atoms with Crippen molar-refractivity contribution in [1.82, 2.24) is 0 Å². The molecule has 5 rings (SSSR count). The second-order valence-corrected chi connectivity index (χ2v) is 11.0. The van der Waals surface area contributed by atoms with Gasteiger partial charge in [0.15, 0.2) is 23.2 Å². The van der Waals surface area contributed by atoms with Crippen molar-refractivity contribution in [2.24, 2.45) is 5.92 Å². The maximum absolute atomic E-state index is 13.0. The van der Waals surface area contributed by atoms with Crippen LogP contribution in [0, 0.1) is 5.92 Å². The van der Waals surface area contributed by atoms with Crippen LogP contribution in [0.3, 0.4) is 0 Å². The van der Waals surface area contributed by atoms with E-state index in [0.717, 1.165) is 0 Å². The number of methoxy groups -OCH3 is 2. The molecule has 1 saturated carbocycles. The fraction of sp³-hybridized carbons (Fsp3) is 0.500. The summed E-state index contributed by atoms with van der Waals surface area (Å²) in [7, 11) is 2.77. The van der Waals surface area contributed by atoms with E-state index in [0.29, 0.717) is 11.3 Å². The molecule has 1 aliphatic heterocycles. The Kier molecular flexibility index (Phi) is 9.34.